The summed E-state index contributed by atoms with van der Waals surface area (Å²) in [5.41, 5.74) is 18.8. The minimum absolute atomic E-state index is 0.0646. The van der Waals surface area contributed by atoms with Crippen molar-refractivity contribution in [2.45, 2.75) is 26.2 Å². The van der Waals surface area contributed by atoms with Crippen LogP contribution in [0.1, 0.15) is 59.7 Å². The van der Waals surface area contributed by atoms with Gasteiger partial charge in [-0.2, -0.15) is 0 Å². The second kappa shape index (κ2) is 18.9. The van der Waals surface area contributed by atoms with Gasteiger partial charge in [0, 0.05) is 40.8 Å². The van der Waals surface area contributed by atoms with Crippen LogP contribution < -0.4 is 0 Å². The average Bonchev–Trinajstić information content (AvgIpc) is 3.35. The maximum Gasteiger partial charge on any atom is 0.0704 e. The van der Waals surface area contributed by atoms with E-state index in [1.54, 1.807) is 0 Å². The Bertz CT molecular complexity index is 2890. The standard InChI is InChI=1S/C61H49N3/c1-61(2,3)57-36-37-62-60(41-57)55-27-22-45(23-28-55)15-18-48-38-47(17-14-44-20-25-53(26-21-44)59-35-33-56(43-64-59)51-12-8-5-9-13-51)39-49(40-48)19-16-46-24-34-58(63-42-46)54-31-29-52(30-32-54)50-10-6-4-7-11-50/h4-43H,1-3H3/b17-14-,18-15-,19-16?. The number of hydrogen-bond acceptors (Lipinski definition) is 3. The molecule has 0 aliphatic heterocycles. The first-order valence-electron chi connectivity index (χ1n) is 21.8. The van der Waals surface area contributed by atoms with Crippen molar-refractivity contribution in [1.29, 1.82) is 0 Å². The lowest BCUT2D eigenvalue weighted by Gasteiger charge is -2.19. The largest absolute Gasteiger partial charge is 0.256 e. The first-order valence-corrected chi connectivity index (χ1v) is 21.8. The van der Waals surface area contributed by atoms with E-state index in [-0.39, 0.29) is 5.41 Å². The van der Waals surface area contributed by atoms with Crippen LogP contribution >= 0.6 is 0 Å². The maximum absolute atomic E-state index is 4.83. The fourth-order valence-electron chi connectivity index (χ4n) is 7.66. The molecule has 3 heterocycles. The predicted octanol–water partition coefficient (Wildman–Crippen LogP) is 16.0. The monoisotopic (exact) mass is 823 g/mol. The van der Waals surface area contributed by atoms with Crippen LogP contribution in [0.3, 0.4) is 0 Å². The summed E-state index contributed by atoms with van der Waals surface area (Å²) in [6, 6.07) is 66.0. The second-order valence-corrected chi connectivity index (χ2v) is 17.1. The first-order chi connectivity index (χ1) is 31.3. The lowest BCUT2D eigenvalue weighted by Crippen LogP contribution is -2.11. The zero-order valence-electron chi connectivity index (χ0n) is 36.4. The molecule has 0 atom stereocenters. The Balaban J connectivity index is 0.943. The summed E-state index contributed by atoms with van der Waals surface area (Å²) in [4.78, 5) is 14.3. The summed E-state index contributed by atoms with van der Waals surface area (Å²) < 4.78 is 0. The molecule has 3 nitrogen and oxygen atoms in total. The van der Waals surface area contributed by atoms with Gasteiger partial charge in [-0.1, -0.05) is 203 Å². The Hall–Kier alpha value is -8.01. The van der Waals surface area contributed by atoms with Crippen LogP contribution in [0.2, 0.25) is 0 Å². The highest BCUT2D eigenvalue weighted by atomic mass is 14.7. The molecule has 308 valence electrons. The van der Waals surface area contributed by atoms with E-state index in [2.05, 4.69) is 238 Å². The molecule has 0 fully saturated rings. The smallest absolute Gasteiger partial charge is 0.0704 e. The van der Waals surface area contributed by atoms with E-state index in [0.29, 0.717) is 0 Å². The molecule has 0 saturated carbocycles. The van der Waals surface area contributed by atoms with Crippen LogP contribution in [-0.4, -0.2) is 15.0 Å². The fraction of sp³-hybridized carbons (Fsp3) is 0.0656. The van der Waals surface area contributed by atoms with Crippen LogP contribution in [0, 0.1) is 0 Å². The van der Waals surface area contributed by atoms with Crippen molar-refractivity contribution in [3.8, 4) is 56.0 Å². The number of hydrogen-bond donors (Lipinski definition) is 0. The molecule has 3 heteroatoms. The van der Waals surface area contributed by atoms with E-state index in [1.165, 1.54) is 16.7 Å². The van der Waals surface area contributed by atoms with Gasteiger partial charge in [-0.15, -0.1) is 0 Å². The van der Waals surface area contributed by atoms with Crippen LogP contribution in [0.4, 0.5) is 0 Å². The number of aromatic nitrogens is 3. The Morgan fingerprint density at radius 1 is 0.297 bits per heavy atom. The zero-order valence-corrected chi connectivity index (χ0v) is 36.4. The lowest BCUT2D eigenvalue weighted by atomic mass is 9.87. The molecule has 0 aliphatic carbocycles. The summed E-state index contributed by atoms with van der Waals surface area (Å²) in [6.07, 6.45) is 18.8. The van der Waals surface area contributed by atoms with Crippen LogP contribution in [-0.2, 0) is 5.41 Å². The highest BCUT2D eigenvalue weighted by molar-refractivity contribution is 5.80. The van der Waals surface area contributed by atoms with E-state index in [9.17, 15) is 0 Å². The highest BCUT2D eigenvalue weighted by Crippen LogP contribution is 2.29. The molecule has 0 spiro atoms. The molecule has 0 radical (unpaired) electrons. The normalized spacial score (nSPS) is 11.8. The molecule has 0 bridgehead atoms. The van der Waals surface area contributed by atoms with Gasteiger partial charge in [0.2, 0.25) is 0 Å². The maximum atomic E-state index is 4.83. The Morgan fingerprint density at radius 2 is 0.688 bits per heavy atom. The number of nitrogens with zero attached hydrogens (tertiary/aromatic N) is 3. The minimum atomic E-state index is 0.0646. The van der Waals surface area contributed by atoms with E-state index in [0.717, 1.165) is 78.3 Å². The van der Waals surface area contributed by atoms with E-state index in [1.807, 2.05) is 30.7 Å². The highest BCUT2D eigenvalue weighted by Gasteiger charge is 2.14. The molecule has 0 aliphatic rings. The van der Waals surface area contributed by atoms with Gasteiger partial charge >= 0.3 is 0 Å². The molecule has 0 saturated heterocycles. The van der Waals surface area contributed by atoms with Crippen LogP contribution in [0.15, 0.2) is 207 Å². The van der Waals surface area contributed by atoms with Gasteiger partial charge in [0.25, 0.3) is 0 Å². The van der Waals surface area contributed by atoms with Crippen molar-refractivity contribution in [3.63, 3.8) is 0 Å². The molecular weight excluding hydrogens is 775 g/mol. The third-order valence-corrected chi connectivity index (χ3v) is 11.4. The molecule has 0 N–H and O–H groups in total. The Morgan fingerprint density at radius 3 is 1.17 bits per heavy atom. The van der Waals surface area contributed by atoms with Gasteiger partial charge in [-0.25, -0.2) is 0 Å². The summed E-state index contributed by atoms with van der Waals surface area (Å²) in [7, 11) is 0. The molecule has 3 aromatic heterocycles. The quantitative estimate of drug-likeness (QED) is 0.122. The SMILES string of the molecule is CC(C)(C)c1ccnc(-c2ccc(/C=C\c3cc(C=Cc4ccc(-c5ccc(-c6ccccc6)cc5)nc4)cc(/C=C\c4ccc(-c5ccc(-c6ccccc6)cn5)cc4)c3)cc2)c1. The molecule has 0 amide bonds. The molecule has 64 heavy (non-hydrogen) atoms. The van der Waals surface area contributed by atoms with Crippen molar-refractivity contribution in [1.82, 2.24) is 15.0 Å². The van der Waals surface area contributed by atoms with Gasteiger partial charge in [0.05, 0.1) is 17.1 Å². The Kier molecular flexibility index (Phi) is 12.2. The molecule has 6 aromatic carbocycles. The second-order valence-electron chi connectivity index (χ2n) is 17.1. The third kappa shape index (κ3) is 10.4. The van der Waals surface area contributed by atoms with E-state index >= 15 is 0 Å². The van der Waals surface area contributed by atoms with Crippen molar-refractivity contribution in [2.24, 2.45) is 0 Å². The Labute approximate surface area is 377 Å². The van der Waals surface area contributed by atoms with E-state index in [4.69, 9.17) is 9.97 Å². The van der Waals surface area contributed by atoms with E-state index < -0.39 is 0 Å². The van der Waals surface area contributed by atoms with Crippen molar-refractivity contribution >= 4 is 36.5 Å². The minimum Gasteiger partial charge on any atom is -0.256 e. The lowest BCUT2D eigenvalue weighted by molar-refractivity contribution is 0.589. The average molecular weight is 824 g/mol. The summed E-state index contributed by atoms with van der Waals surface area (Å²) in [5, 5.41) is 0. The molecular formula is C61H49N3. The van der Waals surface area contributed by atoms with Crippen molar-refractivity contribution in [2.75, 3.05) is 0 Å². The van der Waals surface area contributed by atoms with Crippen molar-refractivity contribution in [3.05, 3.63) is 246 Å². The topological polar surface area (TPSA) is 38.7 Å². The fourth-order valence-corrected chi connectivity index (χ4v) is 7.66. The summed E-state index contributed by atoms with van der Waals surface area (Å²) >= 11 is 0. The van der Waals surface area contributed by atoms with Gasteiger partial charge < -0.3 is 0 Å². The third-order valence-electron chi connectivity index (χ3n) is 11.4. The van der Waals surface area contributed by atoms with Crippen molar-refractivity contribution < 1.29 is 0 Å². The zero-order chi connectivity index (χ0) is 43.7. The van der Waals surface area contributed by atoms with Gasteiger partial charge in [-0.3, -0.25) is 15.0 Å². The number of pyridine rings is 3. The van der Waals surface area contributed by atoms with Gasteiger partial charge in [-0.05, 0) is 104 Å². The first kappa shape index (κ1) is 41.3. The summed E-state index contributed by atoms with van der Waals surface area (Å²) in [5.74, 6) is 0. The predicted molar refractivity (Wildman–Crippen MR) is 272 cm³/mol. The van der Waals surface area contributed by atoms with Crippen LogP contribution in [0.5, 0.6) is 0 Å². The van der Waals surface area contributed by atoms with Gasteiger partial charge in [0.1, 0.15) is 0 Å². The number of rotatable bonds is 11. The number of benzene rings is 6. The molecule has 0 unspecified atom stereocenters. The van der Waals surface area contributed by atoms with Gasteiger partial charge in [0.15, 0.2) is 0 Å². The molecule has 9 rings (SSSR count). The molecule has 9 aromatic rings. The van der Waals surface area contributed by atoms with Crippen LogP contribution in [0.25, 0.3) is 92.5 Å². The summed E-state index contributed by atoms with van der Waals surface area (Å²) in [6.45, 7) is 6.70.